The third-order valence-corrected chi connectivity index (χ3v) is 7.68. The zero-order valence-corrected chi connectivity index (χ0v) is 18.4. The Hall–Kier alpha value is -4.52. The van der Waals surface area contributed by atoms with Gasteiger partial charge >= 0.3 is 5.97 Å². The number of hydrogen-bond donors (Lipinski definition) is 2. The van der Waals surface area contributed by atoms with Crippen LogP contribution in [0.4, 0.5) is 5.69 Å². The van der Waals surface area contributed by atoms with Crippen molar-refractivity contribution in [2.75, 3.05) is 5.32 Å². The van der Waals surface area contributed by atoms with Crippen LogP contribution in [0, 0.1) is 0 Å². The number of rotatable bonds is 0. The molecule has 2 aliphatic carbocycles. The molecule has 1 spiro atoms. The second-order valence-electron chi connectivity index (χ2n) is 9.32. The van der Waals surface area contributed by atoms with E-state index in [9.17, 15) is 24.3 Å². The highest BCUT2D eigenvalue weighted by molar-refractivity contribution is 6.31. The first-order chi connectivity index (χ1) is 16.8. The molecule has 2 heterocycles. The molecule has 2 aliphatic heterocycles. The molecular weight excluding hydrogens is 446 g/mol. The lowest BCUT2D eigenvalue weighted by Crippen LogP contribution is -2.56. The minimum absolute atomic E-state index is 0.0340. The predicted octanol–water partition coefficient (Wildman–Crippen LogP) is 3.86. The number of ketones is 3. The van der Waals surface area contributed by atoms with E-state index < -0.39 is 35.1 Å². The van der Waals surface area contributed by atoms with Crippen LogP contribution in [0.1, 0.15) is 72.2 Å². The number of anilines is 1. The summed E-state index contributed by atoms with van der Waals surface area (Å²) in [7, 11) is 0. The van der Waals surface area contributed by atoms with E-state index in [0.717, 1.165) is 0 Å². The Kier molecular flexibility index (Phi) is 3.60. The van der Waals surface area contributed by atoms with Gasteiger partial charge in [0.25, 0.3) is 0 Å². The lowest BCUT2D eigenvalue weighted by atomic mass is 9.60. The van der Waals surface area contributed by atoms with Gasteiger partial charge in [-0.25, -0.2) is 4.79 Å². The molecule has 0 fully saturated rings. The molecule has 170 valence electrons. The van der Waals surface area contributed by atoms with Gasteiger partial charge in [-0.15, -0.1) is 0 Å². The molecule has 3 aromatic carbocycles. The fraction of sp³-hybridized carbons (Fsp3) is 0.143. The van der Waals surface area contributed by atoms with Crippen LogP contribution in [0.15, 0.2) is 66.2 Å². The van der Waals surface area contributed by atoms with Crippen LogP contribution in [0.2, 0.25) is 0 Å². The summed E-state index contributed by atoms with van der Waals surface area (Å²) in [5, 5.41) is 14.4. The number of esters is 1. The van der Waals surface area contributed by atoms with Gasteiger partial charge in [-0.2, -0.15) is 0 Å². The average molecular weight is 463 g/mol. The molecule has 0 amide bonds. The fourth-order valence-corrected chi connectivity index (χ4v) is 6.24. The molecule has 2 bridgehead atoms. The maximum Gasteiger partial charge on any atom is 0.331 e. The largest absolute Gasteiger partial charge is 0.507 e. The summed E-state index contributed by atoms with van der Waals surface area (Å²) < 4.78 is 5.89. The van der Waals surface area contributed by atoms with Crippen LogP contribution in [-0.2, 0) is 9.53 Å². The second kappa shape index (κ2) is 6.33. The van der Waals surface area contributed by atoms with Crippen molar-refractivity contribution < 1.29 is 29.0 Å². The molecule has 2 N–H and O–H groups in total. The Morgan fingerprint density at radius 3 is 2.14 bits per heavy atom. The summed E-state index contributed by atoms with van der Waals surface area (Å²) >= 11 is 0. The van der Waals surface area contributed by atoms with Crippen LogP contribution >= 0.6 is 0 Å². The molecule has 7 heteroatoms. The van der Waals surface area contributed by atoms with E-state index in [-0.39, 0.29) is 33.8 Å². The standard InChI is InChI=1S/C28H17NO6/c1-12-10-19(31)35-28(12)22-17-11-18(30)20-21(25(33)14-7-3-2-6-13(14)24(20)32)23(17)29-27(28)16-9-5-4-8-15(16)26(22)34/h2-11,22,27,29-30H,1H3/t22-,27+,28-/m1/s1. The number of fused-ring (bicyclic) bond motifs is 7. The SMILES string of the molecule is CC1=CC(=O)O[C@]12[C@H]1Nc3c(cc(O)c4c3C(=O)c3ccccc3C4=O)[C@@H]2C(=O)c2ccccc21. The Morgan fingerprint density at radius 2 is 1.49 bits per heavy atom. The number of phenols is 1. The van der Waals surface area contributed by atoms with Crippen LogP contribution in [0.3, 0.4) is 0 Å². The molecular formula is C28H17NO6. The molecule has 0 saturated heterocycles. The van der Waals surface area contributed by atoms with Gasteiger partial charge in [0.15, 0.2) is 23.0 Å². The number of Topliss-reactive ketones (excluding diaryl/α,β-unsaturated/α-hetero) is 1. The monoisotopic (exact) mass is 463 g/mol. The Balaban J connectivity index is 1.56. The lowest BCUT2D eigenvalue weighted by Gasteiger charge is -2.51. The van der Waals surface area contributed by atoms with Crippen LogP contribution in [0.25, 0.3) is 0 Å². The van der Waals surface area contributed by atoms with Crippen molar-refractivity contribution in [3.05, 3.63) is 105 Å². The summed E-state index contributed by atoms with van der Waals surface area (Å²) in [4.78, 5) is 53.4. The average Bonchev–Trinajstić information content (AvgIpc) is 3.13. The predicted molar refractivity (Wildman–Crippen MR) is 124 cm³/mol. The number of hydrogen-bond acceptors (Lipinski definition) is 7. The van der Waals surface area contributed by atoms with E-state index in [2.05, 4.69) is 5.32 Å². The van der Waals surface area contributed by atoms with Crippen molar-refractivity contribution in [2.45, 2.75) is 24.5 Å². The summed E-state index contributed by atoms with van der Waals surface area (Å²) in [5.41, 5.74) is 1.37. The Morgan fingerprint density at radius 1 is 0.857 bits per heavy atom. The molecule has 35 heavy (non-hydrogen) atoms. The maximum atomic E-state index is 13.9. The van der Waals surface area contributed by atoms with E-state index in [1.54, 1.807) is 55.5 Å². The van der Waals surface area contributed by atoms with Crippen molar-refractivity contribution >= 4 is 29.0 Å². The first-order valence-electron chi connectivity index (χ1n) is 11.2. The van der Waals surface area contributed by atoms with E-state index in [4.69, 9.17) is 4.74 Å². The number of ether oxygens (including phenoxy) is 1. The third-order valence-electron chi connectivity index (χ3n) is 7.68. The van der Waals surface area contributed by atoms with E-state index >= 15 is 0 Å². The fourth-order valence-electron chi connectivity index (χ4n) is 6.24. The minimum atomic E-state index is -1.35. The number of aromatic hydroxyl groups is 1. The van der Waals surface area contributed by atoms with Gasteiger partial charge in [0.05, 0.1) is 28.8 Å². The Bertz CT molecular complexity index is 1620. The maximum absolute atomic E-state index is 13.9. The first kappa shape index (κ1) is 19.9. The van der Waals surface area contributed by atoms with Gasteiger partial charge in [-0.3, -0.25) is 14.4 Å². The second-order valence-corrected chi connectivity index (χ2v) is 9.32. The smallest absolute Gasteiger partial charge is 0.331 e. The van der Waals surface area contributed by atoms with Crippen molar-refractivity contribution in [3.8, 4) is 5.75 Å². The van der Waals surface area contributed by atoms with E-state index in [1.165, 1.54) is 12.1 Å². The van der Waals surface area contributed by atoms with Crippen molar-refractivity contribution in [2.24, 2.45) is 0 Å². The highest BCUT2D eigenvalue weighted by atomic mass is 16.6. The highest BCUT2D eigenvalue weighted by Gasteiger charge is 2.64. The van der Waals surface area contributed by atoms with E-state index in [1.807, 2.05) is 0 Å². The van der Waals surface area contributed by atoms with Gasteiger partial charge < -0.3 is 15.2 Å². The number of carbonyl (C=O) groups is 4. The van der Waals surface area contributed by atoms with Gasteiger partial charge in [0.2, 0.25) is 0 Å². The third kappa shape index (κ3) is 2.20. The quantitative estimate of drug-likeness (QED) is 0.301. The molecule has 0 unspecified atom stereocenters. The minimum Gasteiger partial charge on any atom is -0.507 e. The molecule has 3 atom stereocenters. The summed E-state index contributed by atoms with van der Waals surface area (Å²) in [5.74, 6) is -3.11. The molecule has 0 aromatic heterocycles. The topological polar surface area (TPSA) is 110 Å². The van der Waals surface area contributed by atoms with Gasteiger partial charge in [-0.1, -0.05) is 48.5 Å². The van der Waals surface area contributed by atoms with Crippen LogP contribution in [-0.4, -0.2) is 34.0 Å². The van der Waals surface area contributed by atoms with Crippen molar-refractivity contribution in [1.82, 2.24) is 0 Å². The van der Waals surface area contributed by atoms with Crippen molar-refractivity contribution in [1.29, 1.82) is 0 Å². The summed E-state index contributed by atoms with van der Waals surface area (Å²) in [6, 6.07) is 14.2. The highest BCUT2D eigenvalue weighted by Crippen LogP contribution is 2.61. The lowest BCUT2D eigenvalue weighted by molar-refractivity contribution is -0.149. The molecule has 7 rings (SSSR count). The zero-order valence-electron chi connectivity index (χ0n) is 18.4. The Labute approximate surface area is 199 Å². The van der Waals surface area contributed by atoms with Crippen molar-refractivity contribution in [3.63, 3.8) is 0 Å². The molecule has 3 aromatic rings. The van der Waals surface area contributed by atoms with E-state index in [0.29, 0.717) is 28.0 Å². The van der Waals surface area contributed by atoms with Gasteiger partial charge in [0.1, 0.15) is 5.75 Å². The molecule has 7 nitrogen and oxygen atoms in total. The number of carbonyl (C=O) groups excluding carboxylic acids is 4. The van der Waals surface area contributed by atoms with Gasteiger partial charge in [0, 0.05) is 22.8 Å². The summed E-state index contributed by atoms with van der Waals surface area (Å²) in [6.45, 7) is 1.74. The van der Waals surface area contributed by atoms with Crippen LogP contribution in [0.5, 0.6) is 5.75 Å². The molecule has 0 radical (unpaired) electrons. The molecule has 4 aliphatic rings. The normalized spacial score (nSPS) is 25.2. The number of phenolic OH excluding ortho intramolecular Hbond substituents is 1. The number of nitrogens with one attached hydrogen (secondary N) is 1. The summed E-state index contributed by atoms with van der Waals surface area (Å²) in [6.07, 6.45) is 1.37. The molecule has 0 saturated carbocycles. The zero-order chi connectivity index (χ0) is 24.2. The first-order valence-corrected chi connectivity index (χ1v) is 11.2. The number of benzene rings is 3. The van der Waals surface area contributed by atoms with Gasteiger partial charge in [-0.05, 0) is 29.7 Å². The van der Waals surface area contributed by atoms with Crippen LogP contribution < -0.4 is 5.32 Å².